The van der Waals surface area contributed by atoms with Crippen molar-refractivity contribution in [2.75, 3.05) is 0 Å². The quantitative estimate of drug-likeness (QED) is 0.855. The molecule has 2 aromatic rings. The minimum atomic E-state index is -4.68. The summed E-state index contributed by atoms with van der Waals surface area (Å²) in [5.74, 6) is -1.07. The van der Waals surface area contributed by atoms with Crippen LogP contribution < -0.4 is 0 Å². The molecule has 3 nitrogen and oxygen atoms in total. The van der Waals surface area contributed by atoms with Gasteiger partial charge in [-0.3, -0.25) is 0 Å². The Morgan fingerprint density at radius 3 is 2.21 bits per heavy atom. The third-order valence-electron chi connectivity index (χ3n) is 2.46. The van der Waals surface area contributed by atoms with E-state index in [0.29, 0.717) is 12.1 Å². The van der Waals surface area contributed by atoms with E-state index in [9.17, 15) is 22.7 Å². The Kier molecular flexibility index (Phi) is 3.48. The maximum Gasteiger partial charge on any atom is 0.416 e. The minimum absolute atomic E-state index is 0.182. The van der Waals surface area contributed by atoms with Crippen LogP contribution in [0.3, 0.4) is 0 Å². The van der Waals surface area contributed by atoms with E-state index >= 15 is 0 Å². The van der Waals surface area contributed by atoms with Crippen LogP contribution in [0.4, 0.5) is 17.6 Å². The Labute approximate surface area is 105 Å². The average molecular weight is 272 g/mol. The molecular formula is C12H8F4N2O. The van der Waals surface area contributed by atoms with Crippen LogP contribution in [0.25, 0.3) is 0 Å². The highest BCUT2D eigenvalue weighted by Crippen LogP contribution is 2.32. The molecule has 0 aliphatic carbocycles. The molecule has 1 unspecified atom stereocenters. The lowest BCUT2D eigenvalue weighted by Crippen LogP contribution is -2.09. The Morgan fingerprint density at radius 1 is 1.00 bits per heavy atom. The molecule has 1 N–H and O–H groups in total. The summed E-state index contributed by atoms with van der Waals surface area (Å²) in [4.78, 5) is 7.28. The number of halogens is 4. The lowest BCUT2D eigenvalue weighted by molar-refractivity contribution is -0.137. The summed E-state index contributed by atoms with van der Waals surface area (Å²) in [6.45, 7) is 0. The fourth-order valence-corrected chi connectivity index (χ4v) is 1.58. The molecule has 0 bridgehead atoms. The molecular weight excluding hydrogens is 264 g/mol. The third-order valence-corrected chi connectivity index (χ3v) is 2.46. The normalized spacial score (nSPS) is 13.3. The number of rotatable bonds is 2. The largest absolute Gasteiger partial charge is 0.416 e. The van der Waals surface area contributed by atoms with Gasteiger partial charge in [0.2, 0.25) is 0 Å². The van der Waals surface area contributed by atoms with E-state index in [2.05, 4.69) is 9.97 Å². The molecule has 0 aliphatic heterocycles. The van der Waals surface area contributed by atoms with Crippen LogP contribution >= 0.6 is 0 Å². The molecule has 19 heavy (non-hydrogen) atoms. The number of nitrogens with zero attached hydrogens (tertiary/aromatic N) is 2. The monoisotopic (exact) mass is 272 g/mol. The third kappa shape index (κ3) is 3.05. The molecule has 0 spiro atoms. The van der Waals surface area contributed by atoms with E-state index < -0.39 is 23.7 Å². The molecule has 0 saturated heterocycles. The average Bonchev–Trinajstić information content (AvgIpc) is 2.37. The van der Waals surface area contributed by atoms with Crippen LogP contribution in [-0.4, -0.2) is 15.1 Å². The summed E-state index contributed by atoms with van der Waals surface area (Å²) < 4.78 is 50.8. The van der Waals surface area contributed by atoms with Gasteiger partial charge in [-0.15, -0.1) is 0 Å². The first-order valence-electron chi connectivity index (χ1n) is 5.18. The van der Waals surface area contributed by atoms with Gasteiger partial charge in [0.15, 0.2) is 0 Å². The zero-order valence-electron chi connectivity index (χ0n) is 9.39. The fraction of sp³-hybridized carbons (Fsp3) is 0.167. The highest BCUT2D eigenvalue weighted by molar-refractivity contribution is 5.32. The minimum Gasteiger partial charge on any atom is -0.384 e. The standard InChI is InChI=1S/C12H8F4N2O/c13-10-2-7(1-9(3-10)12(14,15)16)11(19)8-4-17-6-18-5-8/h1-6,11,19H. The second-order valence-corrected chi connectivity index (χ2v) is 3.85. The molecule has 1 aromatic heterocycles. The smallest absolute Gasteiger partial charge is 0.384 e. The molecule has 0 amide bonds. The first kappa shape index (κ1) is 13.4. The lowest BCUT2D eigenvalue weighted by atomic mass is 10.0. The summed E-state index contributed by atoms with van der Waals surface area (Å²) in [6, 6.07) is 1.91. The lowest BCUT2D eigenvalue weighted by Gasteiger charge is -2.13. The molecule has 1 aromatic carbocycles. The Bertz CT molecular complexity index is 572. The number of aromatic nitrogens is 2. The van der Waals surface area contributed by atoms with E-state index in [0.717, 1.165) is 6.07 Å². The van der Waals surface area contributed by atoms with E-state index in [4.69, 9.17) is 0 Å². The van der Waals surface area contributed by atoms with Gasteiger partial charge in [0.05, 0.1) is 5.56 Å². The van der Waals surface area contributed by atoms with Crippen LogP contribution in [-0.2, 0) is 6.18 Å². The summed E-state index contributed by atoms with van der Waals surface area (Å²) in [5.41, 5.74) is -1.18. The van der Waals surface area contributed by atoms with Crippen molar-refractivity contribution in [3.63, 3.8) is 0 Å². The van der Waals surface area contributed by atoms with Crippen LogP contribution in [0.2, 0.25) is 0 Å². The van der Waals surface area contributed by atoms with E-state index in [1.165, 1.54) is 18.7 Å². The summed E-state index contributed by atoms with van der Waals surface area (Å²) in [7, 11) is 0. The number of hydrogen-bond acceptors (Lipinski definition) is 3. The molecule has 0 aliphatic rings. The van der Waals surface area contributed by atoms with Gasteiger partial charge < -0.3 is 5.11 Å². The molecule has 7 heteroatoms. The second kappa shape index (κ2) is 4.93. The van der Waals surface area contributed by atoms with Crippen molar-refractivity contribution < 1.29 is 22.7 Å². The molecule has 0 fully saturated rings. The number of hydrogen-bond donors (Lipinski definition) is 1. The molecule has 1 atom stereocenters. The van der Waals surface area contributed by atoms with Crippen molar-refractivity contribution in [2.45, 2.75) is 12.3 Å². The Hall–Kier alpha value is -2.02. The first-order valence-corrected chi connectivity index (χ1v) is 5.18. The van der Waals surface area contributed by atoms with Crippen molar-refractivity contribution in [1.29, 1.82) is 0 Å². The Balaban J connectivity index is 2.43. The van der Waals surface area contributed by atoms with Crippen molar-refractivity contribution in [3.8, 4) is 0 Å². The van der Waals surface area contributed by atoms with Crippen LogP contribution in [0.15, 0.2) is 36.9 Å². The predicted octanol–water partition coefficient (Wildman–Crippen LogP) is 2.72. The van der Waals surface area contributed by atoms with Gasteiger partial charge in [-0.2, -0.15) is 13.2 Å². The van der Waals surface area contributed by atoms with E-state index in [1.807, 2.05) is 0 Å². The van der Waals surface area contributed by atoms with Gasteiger partial charge in [-0.25, -0.2) is 14.4 Å². The molecule has 0 saturated carbocycles. The van der Waals surface area contributed by atoms with Gasteiger partial charge >= 0.3 is 6.18 Å². The van der Waals surface area contributed by atoms with Gasteiger partial charge in [-0.05, 0) is 23.8 Å². The highest BCUT2D eigenvalue weighted by Gasteiger charge is 2.32. The fourth-order valence-electron chi connectivity index (χ4n) is 1.58. The number of alkyl halides is 3. The van der Waals surface area contributed by atoms with Crippen molar-refractivity contribution in [2.24, 2.45) is 0 Å². The summed E-state index contributed by atoms with van der Waals surface area (Å²) in [5, 5.41) is 9.89. The highest BCUT2D eigenvalue weighted by atomic mass is 19.4. The molecule has 100 valence electrons. The van der Waals surface area contributed by atoms with Crippen LogP contribution in [0, 0.1) is 5.82 Å². The number of aliphatic hydroxyl groups is 1. The predicted molar refractivity (Wildman–Crippen MR) is 57.5 cm³/mol. The molecule has 2 rings (SSSR count). The number of aliphatic hydroxyl groups excluding tert-OH is 1. The zero-order valence-corrected chi connectivity index (χ0v) is 9.39. The van der Waals surface area contributed by atoms with Crippen molar-refractivity contribution >= 4 is 0 Å². The summed E-state index contributed by atoms with van der Waals surface area (Å²) >= 11 is 0. The van der Waals surface area contributed by atoms with Crippen molar-refractivity contribution in [1.82, 2.24) is 9.97 Å². The van der Waals surface area contributed by atoms with Crippen molar-refractivity contribution in [3.05, 3.63) is 59.4 Å². The maximum atomic E-state index is 13.2. The second-order valence-electron chi connectivity index (χ2n) is 3.85. The molecule has 1 heterocycles. The topological polar surface area (TPSA) is 46.0 Å². The zero-order chi connectivity index (χ0) is 14.0. The van der Waals surface area contributed by atoms with Gasteiger partial charge in [0.1, 0.15) is 18.2 Å². The van der Waals surface area contributed by atoms with E-state index in [-0.39, 0.29) is 11.1 Å². The Morgan fingerprint density at radius 2 is 1.63 bits per heavy atom. The maximum absolute atomic E-state index is 13.2. The first-order chi connectivity index (χ1) is 8.88. The SMILES string of the molecule is OC(c1cncnc1)c1cc(F)cc(C(F)(F)F)c1. The van der Waals surface area contributed by atoms with Gasteiger partial charge in [0.25, 0.3) is 0 Å². The molecule has 0 radical (unpaired) electrons. The van der Waals surface area contributed by atoms with E-state index in [1.54, 1.807) is 0 Å². The van der Waals surface area contributed by atoms with Gasteiger partial charge in [-0.1, -0.05) is 0 Å². The van der Waals surface area contributed by atoms with Crippen LogP contribution in [0.5, 0.6) is 0 Å². The summed E-state index contributed by atoms with van der Waals surface area (Å²) in [6.07, 6.45) is -2.39. The van der Waals surface area contributed by atoms with Gasteiger partial charge in [0, 0.05) is 18.0 Å². The van der Waals surface area contributed by atoms with Crippen LogP contribution in [0.1, 0.15) is 22.8 Å². The number of benzene rings is 1.